The zero-order valence-electron chi connectivity index (χ0n) is 6.02. The summed E-state index contributed by atoms with van der Waals surface area (Å²) in [5, 5.41) is 9.09. The van der Waals surface area contributed by atoms with Gasteiger partial charge in [-0.3, -0.25) is 0 Å². The van der Waals surface area contributed by atoms with Gasteiger partial charge in [0.15, 0.2) is 11.5 Å². The molecule has 1 aliphatic rings. The van der Waals surface area contributed by atoms with Gasteiger partial charge in [0.1, 0.15) is 0 Å². The molecule has 5 nitrogen and oxygen atoms in total. The lowest BCUT2D eigenvalue weighted by Gasteiger charge is -2.41. The van der Waals surface area contributed by atoms with Gasteiger partial charge in [-0.05, 0) is 0 Å². The molecule has 0 aromatic rings. The average molecular weight is 177 g/mol. The Morgan fingerprint density at radius 3 is 2.36 bits per heavy atom. The van der Waals surface area contributed by atoms with Gasteiger partial charge in [0, 0.05) is 27.4 Å². The molecule has 1 unspecified atom stereocenters. The molecular weight excluding hydrogens is 169 g/mol. The Bertz CT molecular complexity index is 245. The van der Waals surface area contributed by atoms with Crippen LogP contribution in [0.3, 0.4) is 0 Å². The van der Waals surface area contributed by atoms with E-state index >= 15 is 0 Å². The third-order valence-electron chi connectivity index (χ3n) is 1.98. The van der Waals surface area contributed by atoms with Gasteiger partial charge < -0.3 is 19.6 Å². The molecule has 0 N–H and O–H groups in total. The summed E-state index contributed by atoms with van der Waals surface area (Å²) >= 11 is 0. The van der Waals surface area contributed by atoms with Gasteiger partial charge in [-0.1, -0.05) is 0 Å². The molecule has 1 rings (SSSR count). The van der Waals surface area contributed by atoms with Crippen molar-refractivity contribution in [1.29, 1.82) is 0 Å². The van der Waals surface area contributed by atoms with E-state index in [0.717, 1.165) is 6.92 Å². The van der Waals surface area contributed by atoms with E-state index in [0.29, 0.717) is 6.42 Å². The van der Waals surface area contributed by atoms with Crippen LogP contribution in [0.25, 0.3) is 0 Å². The Hall–Kier alpha value is -0.380. The molecule has 0 bridgehead atoms. The van der Waals surface area contributed by atoms with E-state index in [9.17, 15) is 19.6 Å². The van der Waals surface area contributed by atoms with Gasteiger partial charge in [-0.2, -0.15) is 0 Å². The third kappa shape index (κ3) is 1.20. The third-order valence-corrected chi connectivity index (χ3v) is 3.58. The number of hydrogen-bond donors (Lipinski definition) is 0. The van der Waals surface area contributed by atoms with Crippen molar-refractivity contribution in [3.05, 3.63) is 5.21 Å². The normalized spacial score (nSPS) is 32.1. The fraction of sp³-hybridized carbons (Fsp3) is 0.800. The second-order valence-electron chi connectivity index (χ2n) is 2.76. The molecule has 1 heterocycles. The van der Waals surface area contributed by atoms with Crippen molar-refractivity contribution >= 4 is 13.8 Å². The first-order valence-corrected chi connectivity index (χ1v) is 4.74. The van der Waals surface area contributed by atoms with E-state index in [4.69, 9.17) is 0 Å². The van der Waals surface area contributed by atoms with E-state index in [1.54, 1.807) is 0 Å². The minimum Gasteiger partial charge on any atom is -0.806 e. The molecule has 0 saturated carbocycles. The average Bonchev–Trinajstić information content (AvgIpc) is 2.12. The maximum atomic E-state index is 10.8. The summed E-state index contributed by atoms with van der Waals surface area (Å²) in [6, 6.07) is 0. The molecule has 1 aliphatic heterocycles. The Morgan fingerprint density at radius 1 is 1.64 bits per heavy atom. The maximum Gasteiger partial charge on any atom is 0.194 e. The van der Waals surface area contributed by atoms with Crippen LogP contribution in [-0.2, 0) is 4.57 Å². The van der Waals surface area contributed by atoms with Crippen LogP contribution in [0.1, 0.15) is 19.8 Å². The lowest BCUT2D eigenvalue weighted by atomic mass is 10.2. The first kappa shape index (κ1) is 8.71. The molecule has 0 amide bonds. The highest BCUT2D eigenvalue weighted by atomic mass is 31.2. The van der Waals surface area contributed by atoms with E-state index in [1.807, 2.05) is 0 Å². The predicted molar refractivity (Wildman–Crippen MR) is 34.9 cm³/mol. The highest BCUT2D eigenvalue weighted by molar-refractivity contribution is 7.50. The summed E-state index contributed by atoms with van der Waals surface area (Å²) < 4.78 is 10.8. The number of hydroxylamine groups is 1. The van der Waals surface area contributed by atoms with Gasteiger partial charge in [0.25, 0.3) is 0 Å². The first-order valence-electron chi connectivity index (χ1n) is 3.20. The summed E-state index contributed by atoms with van der Waals surface area (Å²) in [6.07, 6.45) is 1.64. The molecular formula is C5H8NO4P-2. The lowest BCUT2D eigenvalue weighted by Crippen LogP contribution is -2.41. The highest BCUT2D eigenvalue weighted by Crippen LogP contribution is 2.47. The van der Waals surface area contributed by atoms with E-state index in [1.165, 1.54) is 6.21 Å². The van der Waals surface area contributed by atoms with Crippen molar-refractivity contribution in [3.63, 3.8) is 0 Å². The number of rotatable bonds is 1. The van der Waals surface area contributed by atoms with E-state index in [-0.39, 0.29) is 11.2 Å². The molecule has 0 fully saturated rings. The van der Waals surface area contributed by atoms with Crippen molar-refractivity contribution in [2.45, 2.75) is 25.0 Å². The second-order valence-corrected chi connectivity index (χ2v) is 4.72. The van der Waals surface area contributed by atoms with Crippen molar-refractivity contribution < 1.29 is 19.1 Å². The van der Waals surface area contributed by atoms with Crippen molar-refractivity contribution in [2.24, 2.45) is 0 Å². The van der Waals surface area contributed by atoms with Crippen molar-refractivity contribution in [1.82, 2.24) is 0 Å². The van der Waals surface area contributed by atoms with Crippen LogP contribution in [-0.4, -0.2) is 16.2 Å². The van der Waals surface area contributed by atoms with E-state index in [2.05, 4.69) is 0 Å². The van der Waals surface area contributed by atoms with Crippen LogP contribution in [0, 0.1) is 5.21 Å². The monoisotopic (exact) mass is 177 g/mol. The van der Waals surface area contributed by atoms with Crippen LogP contribution >= 0.6 is 7.60 Å². The van der Waals surface area contributed by atoms with Crippen LogP contribution < -0.4 is 9.79 Å². The Labute approximate surface area is 64.1 Å². The zero-order valence-corrected chi connectivity index (χ0v) is 6.91. The minimum absolute atomic E-state index is 0.0980. The van der Waals surface area contributed by atoms with Gasteiger partial charge in [-0.25, -0.2) is 4.74 Å². The fourth-order valence-corrected chi connectivity index (χ4v) is 1.75. The van der Waals surface area contributed by atoms with Gasteiger partial charge in [-0.15, -0.1) is 0 Å². The van der Waals surface area contributed by atoms with Crippen LogP contribution in [0.4, 0.5) is 0 Å². The van der Waals surface area contributed by atoms with Crippen molar-refractivity contribution in [2.75, 3.05) is 0 Å². The molecule has 0 spiro atoms. The molecule has 64 valence electrons. The van der Waals surface area contributed by atoms with Crippen molar-refractivity contribution in [3.8, 4) is 0 Å². The van der Waals surface area contributed by atoms with Crippen LogP contribution in [0.5, 0.6) is 0 Å². The summed E-state index contributed by atoms with van der Waals surface area (Å²) in [6.45, 7) is 1.16. The fourth-order valence-electron chi connectivity index (χ4n) is 1.02. The SMILES string of the molecule is CC1(P(=O)([O-])[O-])CCC=[N+]1[O-]. The molecule has 0 saturated heterocycles. The molecule has 6 heteroatoms. The Balaban J connectivity index is 3.02. The Kier molecular flexibility index (Phi) is 1.82. The minimum atomic E-state index is -4.80. The van der Waals surface area contributed by atoms with Gasteiger partial charge in [0.2, 0.25) is 0 Å². The number of nitrogens with zero attached hydrogens (tertiary/aromatic N) is 1. The van der Waals surface area contributed by atoms with Gasteiger partial charge in [0.05, 0.1) is 0 Å². The van der Waals surface area contributed by atoms with Crippen LogP contribution in [0.15, 0.2) is 0 Å². The topological polar surface area (TPSA) is 89.3 Å². The molecule has 1 atom stereocenters. The lowest BCUT2D eigenvalue weighted by molar-refractivity contribution is -0.524. The predicted octanol–water partition coefficient (Wildman–Crippen LogP) is -1.01. The van der Waals surface area contributed by atoms with E-state index < -0.39 is 12.9 Å². The first-order chi connectivity index (χ1) is 4.88. The summed E-state index contributed by atoms with van der Waals surface area (Å²) in [7, 11) is -4.80. The standard InChI is InChI=1S/C5H10NO4P/c1-5(11(8,9)10)3-2-4-6(5)7/h4H,2-3H2,1H3,(H2,8,9,10)/p-2. The summed E-state index contributed by atoms with van der Waals surface area (Å²) in [5.41, 5.74) is 0. The molecule has 0 aromatic heterocycles. The van der Waals surface area contributed by atoms with Crippen LogP contribution in [0.2, 0.25) is 0 Å². The summed E-state index contributed by atoms with van der Waals surface area (Å²) in [5.74, 6) is 0. The highest BCUT2D eigenvalue weighted by Gasteiger charge is 2.40. The largest absolute Gasteiger partial charge is 0.806 e. The zero-order chi connectivity index (χ0) is 8.70. The number of hydrogen-bond acceptors (Lipinski definition) is 4. The smallest absolute Gasteiger partial charge is 0.194 e. The molecule has 0 aromatic carbocycles. The Morgan fingerprint density at radius 2 is 2.18 bits per heavy atom. The second kappa shape index (κ2) is 2.30. The summed E-state index contributed by atoms with van der Waals surface area (Å²) in [4.78, 5) is 21.2. The molecule has 11 heavy (non-hydrogen) atoms. The molecule has 0 aliphatic carbocycles. The maximum absolute atomic E-state index is 10.8. The quantitative estimate of drug-likeness (QED) is 0.291. The molecule has 0 radical (unpaired) electrons. The van der Waals surface area contributed by atoms with Gasteiger partial charge >= 0.3 is 0 Å².